The van der Waals surface area contributed by atoms with Gasteiger partial charge in [0, 0.05) is 11.9 Å². The van der Waals surface area contributed by atoms with Crippen molar-refractivity contribution in [3.63, 3.8) is 0 Å². The number of hydrogen-bond acceptors (Lipinski definition) is 2. The number of carbonyl (C=O) groups is 1. The minimum absolute atomic E-state index is 0.146. The lowest BCUT2D eigenvalue weighted by atomic mass is 9.80. The largest absolute Gasteiger partial charge is 0.452 e. The molecule has 2 rings (SSSR count). The van der Waals surface area contributed by atoms with Gasteiger partial charge in [-0.1, -0.05) is 28.8 Å². The third-order valence-corrected chi connectivity index (χ3v) is 4.78. The topological polar surface area (TPSA) is 42.2 Å². The Kier molecular flexibility index (Phi) is 5.13. The van der Waals surface area contributed by atoms with Crippen molar-refractivity contribution >= 4 is 33.4 Å². The average Bonchev–Trinajstić information content (AvgIpc) is 2.82. The van der Waals surface area contributed by atoms with Gasteiger partial charge in [0.05, 0.1) is 11.8 Å². The minimum atomic E-state index is -0.146. The van der Waals surface area contributed by atoms with E-state index >= 15 is 0 Å². The Morgan fingerprint density at radius 2 is 2.17 bits per heavy atom. The highest BCUT2D eigenvalue weighted by atomic mass is 79.9. The quantitative estimate of drug-likeness (QED) is 0.849. The van der Waals surface area contributed by atoms with Crippen LogP contribution in [0.15, 0.2) is 16.7 Å². The summed E-state index contributed by atoms with van der Waals surface area (Å²) in [4.78, 5) is 11.9. The molecule has 1 N–H and O–H groups in total. The number of carbonyl (C=O) groups excluding carboxylic acids is 1. The Morgan fingerprint density at radius 3 is 2.78 bits per heavy atom. The SMILES string of the molecule is O=C(NCC1CCCCC1CBr)c1ccoc1Cl. The minimum Gasteiger partial charge on any atom is -0.452 e. The predicted molar refractivity (Wildman–Crippen MR) is 75.3 cm³/mol. The maximum Gasteiger partial charge on any atom is 0.256 e. The molecule has 1 amide bonds. The van der Waals surface area contributed by atoms with E-state index in [4.69, 9.17) is 16.0 Å². The molecule has 1 aliphatic carbocycles. The van der Waals surface area contributed by atoms with Gasteiger partial charge in [-0.05, 0) is 42.3 Å². The van der Waals surface area contributed by atoms with Gasteiger partial charge in [0.25, 0.3) is 5.91 Å². The summed E-state index contributed by atoms with van der Waals surface area (Å²) >= 11 is 9.34. The van der Waals surface area contributed by atoms with Gasteiger partial charge in [-0.15, -0.1) is 0 Å². The summed E-state index contributed by atoms with van der Waals surface area (Å²) < 4.78 is 4.92. The molecule has 1 heterocycles. The van der Waals surface area contributed by atoms with Crippen LogP contribution in [0, 0.1) is 11.8 Å². The zero-order chi connectivity index (χ0) is 13.0. The number of nitrogens with one attached hydrogen (secondary N) is 1. The van der Waals surface area contributed by atoms with Crippen LogP contribution in [0.3, 0.4) is 0 Å². The first-order valence-corrected chi connectivity index (χ1v) is 7.79. The highest BCUT2D eigenvalue weighted by Crippen LogP contribution is 2.30. The molecule has 1 aromatic rings. The summed E-state index contributed by atoms with van der Waals surface area (Å²) in [5, 5.41) is 4.13. The molecule has 0 saturated heterocycles. The van der Waals surface area contributed by atoms with Crippen LogP contribution in [0.2, 0.25) is 5.22 Å². The van der Waals surface area contributed by atoms with Crippen LogP contribution < -0.4 is 5.32 Å². The van der Waals surface area contributed by atoms with Gasteiger partial charge < -0.3 is 9.73 Å². The summed E-state index contributed by atoms with van der Waals surface area (Å²) in [5.41, 5.74) is 0.419. The van der Waals surface area contributed by atoms with Gasteiger partial charge in [-0.3, -0.25) is 4.79 Å². The highest BCUT2D eigenvalue weighted by Gasteiger charge is 2.25. The fourth-order valence-corrected chi connectivity index (χ4v) is 3.58. The predicted octanol–water partition coefficient (Wildman–Crippen LogP) is 3.86. The Morgan fingerprint density at radius 1 is 1.44 bits per heavy atom. The maximum atomic E-state index is 11.9. The molecule has 1 aliphatic rings. The molecule has 5 heteroatoms. The van der Waals surface area contributed by atoms with E-state index in [9.17, 15) is 4.79 Å². The van der Waals surface area contributed by atoms with Crippen LogP contribution >= 0.6 is 27.5 Å². The number of halogens is 2. The number of furan rings is 1. The second kappa shape index (κ2) is 6.62. The monoisotopic (exact) mass is 333 g/mol. The number of amides is 1. The molecule has 0 spiro atoms. The van der Waals surface area contributed by atoms with E-state index in [2.05, 4.69) is 21.2 Å². The molecular weight excluding hydrogens is 318 g/mol. The lowest BCUT2D eigenvalue weighted by Gasteiger charge is -2.30. The van der Waals surface area contributed by atoms with Crippen LogP contribution in [-0.4, -0.2) is 17.8 Å². The first kappa shape index (κ1) is 13.9. The Bertz CT molecular complexity index is 407. The van der Waals surface area contributed by atoms with Crippen LogP contribution in [0.25, 0.3) is 0 Å². The van der Waals surface area contributed by atoms with E-state index in [1.54, 1.807) is 6.07 Å². The molecule has 0 aromatic carbocycles. The first-order valence-electron chi connectivity index (χ1n) is 6.29. The van der Waals surface area contributed by atoms with Gasteiger partial charge in [0.1, 0.15) is 0 Å². The second-order valence-electron chi connectivity index (χ2n) is 4.78. The van der Waals surface area contributed by atoms with Crippen LogP contribution in [0.5, 0.6) is 0 Å². The third kappa shape index (κ3) is 3.29. The molecule has 18 heavy (non-hydrogen) atoms. The van der Waals surface area contributed by atoms with Gasteiger partial charge in [0.15, 0.2) is 0 Å². The lowest BCUT2D eigenvalue weighted by molar-refractivity contribution is 0.0936. The number of hydrogen-bond donors (Lipinski definition) is 1. The Labute approximate surface area is 120 Å². The molecule has 0 bridgehead atoms. The van der Waals surface area contributed by atoms with Gasteiger partial charge in [-0.2, -0.15) is 0 Å². The smallest absolute Gasteiger partial charge is 0.256 e. The second-order valence-corrected chi connectivity index (χ2v) is 5.77. The lowest BCUT2D eigenvalue weighted by Crippen LogP contribution is -2.34. The van der Waals surface area contributed by atoms with E-state index in [0.717, 1.165) is 11.9 Å². The normalized spacial score (nSPS) is 23.9. The van der Waals surface area contributed by atoms with E-state index in [0.29, 0.717) is 17.4 Å². The van der Waals surface area contributed by atoms with Crippen molar-refractivity contribution in [2.75, 3.05) is 11.9 Å². The molecule has 100 valence electrons. The van der Waals surface area contributed by atoms with Crippen LogP contribution in [-0.2, 0) is 0 Å². The summed E-state index contributed by atoms with van der Waals surface area (Å²) in [6.45, 7) is 0.719. The van der Waals surface area contributed by atoms with Gasteiger partial charge in [-0.25, -0.2) is 0 Å². The molecule has 3 nitrogen and oxygen atoms in total. The van der Waals surface area contributed by atoms with E-state index in [1.165, 1.54) is 31.9 Å². The molecule has 1 saturated carbocycles. The van der Waals surface area contributed by atoms with Crippen molar-refractivity contribution in [3.8, 4) is 0 Å². The molecule has 2 atom stereocenters. The van der Waals surface area contributed by atoms with Crippen molar-refractivity contribution in [3.05, 3.63) is 23.1 Å². The molecule has 0 aliphatic heterocycles. The summed E-state index contributed by atoms with van der Waals surface area (Å²) in [6.07, 6.45) is 6.43. The molecule has 0 radical (unpaired) electrons. The Balaban J connectivity index is 1.87. The van der Waals surface area contributed by atoms with Crippen molar-refractivity contribution in [2.45, 2.75) is 25.7 Å². The first-order chi connectivity index (χ1) is 8.72. The van der Waals surface area contributed by atoms with Crippen LogP contribution in [0.1, 0.15) is 36.0 Å². The van der Waals surface area contributed by atoms with E-state index in [-0.39, 0.29) is 11.1 Å². The molecule has 1 aromatic heterocycles. The van der Waals surface area contributed by atoms with E-state index in [1.807, 2.05) is 0 Å². The zero-order valence-corrected chi connectivity index (χ0v) is 12.5. The van der Waals surface area contributed by atoms with E-state index < -0.39 is 0 Å². The van der Waals surface area contributed by atoms with Crippen molar-refractivity contribution < 1.29 is 9.21 Å². The summed E-state index contributed by atoms with van der Waals surface area (Å²) in [7, 11) is 0. The fraction of sp³-hybridized carbons (Fsp3) is 0.615. The Hall–Kier alpha value is -0.480. The van der Waals surface area contributed by atoms with Crippen molar-refractivity contribution in [1.29, 1.82) is 0 Å². The fourth-order valence-electron chi connectivity index (χ4n) is 2.53. The maximum absolute atomic E-state index is 11.9. The zero-order valence-electron chi connectivity index (χ0n) is 10.1. The van der Waals surface area contributed by atoms with Gasteiger partial charge in [0.2, 0.25) is 5.22 Å². The molecule has 2 unspecified atom stereocenters. The standard InChI is InChI=1S/C13H17BrClNO2/c14-7-9-3-1-2-4-10(9)8-16-13(17)11-5-6-18-12(11)15/h5-6,9-10H,1-4,7-8H2,(H,16,17). The summed E-state index contributed by atoms with van der Waals surface area (Å²) in [6, 6.07) is 1.60. The third-order valence-electron chi connectivity index (χ3n) is 3.65. The highest BCUT2D eigenvalue weighted by molar-refractivity contribution is 9.09. The number of rotatable bonds is 4. The van der Waals surface area contributed by atoms with Crippen LogP contribution in [0.4, 0.5) is 0 Å². The average molecular weight is 335 g/mol. The molecule has 1 fully saturated rings. The van der Waals surface area contributed by atoms with Crippen molar-refractivity contribution in [1.82, 2.24) is 5.32 Å². The van der Waals surface area contributed by atoms with Gasteiger partial charge >= 0.3 is 0 Å². The van der Waals surface area contributed by atoms with Crippen molar-refractivity contribution in [2.24, 2.45) is 11.8 Å². The number of alkyl halides is 1. The molecular formula is C13H17BrClNO2. The summed E-state index contributed by atoms with van der Waals surface area (Å²) in [5.74, 6) is 1.08.